The molecule has 2 saturated carbocycles. The van der Waals surface area contributed by atoms with Crippen molar-refractivity contribution in [2.75, 3.05) is 0 Å². The first-order valence-corrected chi connectivity index (χ1v) is 8.20. The van der Waals surface area contributed by atoms with Crippen molar-refractivity contribution in [1.29, 1.82) is 0 Å². The van der Waals surface area contributed by atoms with Crippen molar-refractivity contribution >= 4 is 23.5 Å². The van der Waals surface area contributed by atoms with Crippen LogP contribution in [-0.2, 0) is 16.1 Å². The van der Waals surface area contributed by atoms with Gasteiger partial charge in [0, 0.05) is 23.5 Å². The highest BCUT2D eigenvalue weighted by Crippen LogP contribution is 2.36. The molecule has 2 aliphatic rings. The summed E-state index contributed by atoms with van der Waals surface area (Å²) in [6.45, 7) is 0.592. The Morgan fingerprint density at radius 3 is 2.27 bits per heavy atom. The van der Waals surface area contributed by atoms with Crippen LogP contribution in [0.1, 0.15) is 37.7 Å². The largest absolute Gasteiger partial charge is 0.481 e. The van der Waals surface area contributed by atoms with Crippen LogP contribution in [0.5, 0.6) is 0 Å². The summed E-state index contributed by atoms with van der Waals surface area (Å²) in [4.78, 5) is 25.8. The number of aliphatic carboxylic acids is 1. The van der Waals surface area contributed by atoms with Gasteiger partial charge in [0.05, 0.1) is 5.92 Å². The van der Waals surface area contributed by atoms with E-state index in [2.05, 4.69) is 0 Å². The summed E-state index contributed by atoms with van der Waals surface area (Å²) in [5, 5.41) is 9.78. The van der Waals surface area contributed by atoms with Gasteiger partial charge in [-0.25, -0.2) is 0 Å². The molecule has 2 aliphatic carbocycles. The third-order valence-corrected chi connectivity index (χ3v) is 4.92. The first kappa shape index (κ1) is 15.3. The van der Waals surface area contributed by atoms with E-state index in [4.69, 9.17) is 16.7 Å². The second kappa shape index (κ2) is 6.29. The molecule has 118 valence electrons. The van der Waals surface area contributed by atoms with Crippen LogP contribution in [0.2, 0.25) is 5.02 Å². The summed E-state index contributed by atoms with van der Waals surface area (Å²) in [6, 6.07) is 7.89. The van der Waals surface area contributed by atoms with Crippen LogP contribution in [0.15, 0.2) is 24.3 Å². The lowest BCUT2D eigenvalue weighted by atomic mass is 10.0. The summed E-state index contributed by atoms with van der Waals surface area (Å²) >= 11 is 5.90. The maximum Gasteiger partial charge on any atom is 0.306 e. The molecule has 2 atom stereocenters. The second-order valence-corrected chi connectivity index (χ2v) is 6.81. The van der Waals surface area contributed by atoms with Gasteiger partial charge in [0.2, 0.25) is 5.91 Å². The molecule has 3 rings (SSSR count). The number of carboxylic acids is 1. The Labute approximate surface area is 135 Å². The fraction of sp³-hybridized carbons (Fsp3) is 0.529. The number of carbonyl (C=O) groups is 2. The van der Waals surface area contributed by atoms with Crippen molar-refractivity contribution in [2.24, 2.45) is 11.8 Å². The zero-order valence-corrected chi connectivity index (χ0v) is 13.1. The zero-order chi connectivity index (χ0) is 15.7. The predicted octanol–water partition coefficient (Wildman–Crippen LogP) is 3.33. The molecule has 5 heteroatoms. The van der Waals surface area contributed by atoms with Crippen molar-refractivity contribution < 1.29 is 14.7 Å². The number of hydrogen-bond acceptors (Lipinski definition) is 2. The fourth-order valence-electron chi connectivity index (χ4n) is 3.22. The maximum absolute atomic E-state index is 12.8. The fourth-order valence-corrected chi connectivity index (χ4v) is 3.35. The number of rotatable bonds is 5. The van der Waals surface area contributed by atoms with Gasteiger partial charge in [-0.1, -0.05) is 23.7 Å². The Morgan fingerprint density at radius 1 is 1.09 bits per heavy atom. The number of benzene rings is 1. The minimum absolute atomic E-state index is 0.126. The molecule has 0 radical (unpaired) electrons. The molecule has 1 N–H and O–H groups in total. The highest BCUT2D eigenvalue weighted by atomic mass is 35.5. The summed E-state index contributed by atoms with van der Waals surface area (Å²) in [7, 11) is 0. The van der Waals surface area contributed by atoms with E-state index in [1.165, 1.54) is 0 Å². The number of hydrogen-bond donors (Lipinski definition) is 1. The van der Waals surface area contributed by atoms with Gasteiger partial charge in [-0.3, -0.25) is 9.59 Å². The summed E-state index contributed by atoms with van der Waals surface area (Å²) < 4.78 is 0. The summed E-state index contributed by atoms with van der Waals surface area (Å²) in [6.07, 6.45) is 3.89. The first-order valence-electron chi connectivity index (χ1n) is 7.82. The van der Waals surface area contributed by atoms with Gasteiger partial charge in [-0.05, 0) is 49.8 Å². The van der Waals surface area contributed by atoms with Crippen molar-refractivity contribution in [1.82, 2.24) is 4.90 Å². The normalized spacial score (nSPS) is 24.2. The van der Waals surface area contributed by atoms with Crippen LogP contribution in [0.4, 0.5) is 0 Å². The average molecular weight is 322 g/mol. The Morgan fingerprint density at radius 2 is 1.73 bits per heavy atom. The molecule has 0 aliphatic heterocycles. The standard InChI is InChI=1S/C17H20ClNO3/c18-14-5-1-11(2-6-14)10-19(15-7-8-15)16(20)12-3-4-13(9-12)17(21)22/h1-2,5-6,12-13,15H,3-4,7-10H2,(H,21,22)/t12-,13+/m0/s1. The van der Waals surface area contributed by atoms with Crippen molar-refractivity contribution in [3.05, 3.63) is 34.9 Å². The van der Waals surface area contributed by atoms with Crippen LogP contribution in [-0.4, -0.2) is 27.9 Å². The van der Waals surface area contributed by atoms with Crippen molar-refractivity contribution in [3.63, 3.8) is 0 Å². The monoisotopic (exact) mass is 321 g/mol. The molecule has 4 nitrogen and oxygen atoms in total. The zero-order valence-electron chi connectivity index (χ0n) is 12.4. The minimum Gasteiger partial charge on any atom is -0.481 e. The molecule has 0 heterocycles. The smallest absolute Gasteiger partial charge is 0.306 e. The molecule has 1 amide bonds. The molecule has 22 heavy (non-hydrogen) atoms. The predicted molar refractivity (Wildman–Crippen MR) is 83.5 cm³/mol. The number of nitrogens with zero attached hydrogens (tertiary/aromatic N) is 1. The van der Waals surface area contributed by atoms with Crippen LogP contribution in [0.3, 0.4) is 0 Å². The van der Waals surface area contributed by atoms with Crippen LogP contribution in [0, 0.1) is 11.8 Å². The third kappa shape index (κ3) is 3.43. The Bertz CT molecular complexity index is 568. The molecule has 0 saturated heterocycles. The highest BCUT2D eigenvalue weighted by molar-refractivity contribution is 6.30. The Kier molecular flexibility index (Phi) is 4.39. The Hall–Kier alpha value is -1.55. The first-order chi connectivity index (χ1) is 10.5. The summed E-state index contributed by atoms with van der Waals surface area (Å²) in [5.41, 5.74) is 1.07. The lowest BCUT2D eigenvalue weighted by Gasteiger charge is -2.26. The Balaban J connectivity index is 1.67. The molecule has 2 fully saturated rings. The van der Waals surface area contributed by atoms with Crippen LogP contribution < -0.4 is 0 Å². The van der Waals surface area contributed by atoms with Gasteiger partial charge in [-0.15, -0.1) is 0 Å². The van der Waals surface area contributed by atoms with E-state index in [0.29, 0.717) is 36.9 Å². The van der Waals surface area contributed by atoms with E-state index >= 15 is 0 Å². The van der Waals surface area contributed by atoms with Gasteiger partial charge in [0.1, 0.15) is 0 Å². The molecular formula is C17H20ClNO3. The van der Waals surface area contributed by atoms with E-state index in [9.17, 15) is 9.59 Å². The van der Waals surface area contributed by atoms with Crippen molar-refractivity contribution in [3.8, 4) is 0 Å². The molecule has 1 aromatic carbocycles. The van der Waals surface area contributed by atoms with E-state index < -0.39 is 5.97 Å². The molecular weight excluding hydrogens is 302 g/mol. The number of amides is 1. The number of carboxylic acid groups (broad SMARTS) is 1. The van der Waals surface area contributed by atoms with Crippen LogP contribution >= 0.6 is 11.6 Å². The van der Waals surface area contributed by atoms with Gasteiger partial charge in [-0.2, -0.15) is 0 Å². The minimum atomic E-state index is -0.772. The lowest BCUT2D eigenvalue weighted by Crippen LogP contribution is -2.36. The average Bonchev–Trinajstić information content (AvgIpc) is 3.21. The quantitative estimate of drug-likeness (QED) is 0.905. The molecule has 1 aromatic rings. The van der Waals surface area contributed by atoms with Gasteiger partial charge in [0.25, 0.3) is 0 Å². The summed E-state index contributed by atoms with van der Waals surface area (Å²) in [5.74, 6) is -1.13. The van der Waals surface area contributed by atoms with Crippen molar-refractivity contribution in [2.45, 2.75) is 44.7 Å². The van der Waals surface area contributed by atoms with E-state index in [1.807, 2.05) is 29.2 Å². The number of halogens is 1. The van der Waals surface area contributed by atoms with E-state index in [0.717, 1.165) is 18.4 Å². The highest BCUT2D eigenvalue weighted by Gasteiger charge is 2.40. The molecule has 0 aromatic heterocycles. The van der Waals surface area contributed by atoms with Gasteiger partial charge >= 0.3 is 5.97 Å². The SMILES string of the molecule is O=C(O)[C@@H]1CC[C@H](C(=O)N(Cc2ccc(Cl)cc2)C2CC2)C1. The molecule has 0 unspecified atom stereocenters. The van der Waals surface area contributed by atoms with E-state index in [-0.39, 0.29) is 17.7 Å². The second-order valence-electron chi connectivity index (χ2n) is 6.37. The maximum atomic E-state index is 12.8. The van der Waals surface area contributed by atoms with Gasteiger partial charge < -0.3 is 10.0 Å². The molecule has 0 spiro atoms. The lowest BCUT2D eigenvalue weighted by molar-refractivity contribution is -0.141. The van der Waals surface area contributed by atoms with Gasteiger partial charge in [0.15, 0.2) is 0 Å². The van der Waals surface area contributed by atoms with E-state index in [1.54, 1.807) is 0 Å². The van der Waals surface area contributed by atoms with Crippen LogP contribution in [0.25, 0.3) is 0 Å². The topological polar surface area (TPSA) is 57.6 Å². The molecule has 0 bridgehead atoms. The number of carbonyl (C=O) groups excluding carboxylic acids is 1. The third-order valence-electron chi connectivity index (χ3n) is 4.67.